The molecule has 112 valence electrons. The van der Waals surface area contributed by atoms with Crippen LogP contribution in [0.4, 0.5) is 5.69 Å². The summed E-state index contributed by atoms with van der Waals surface area (Å²) in [6.45, 7) is 1.89. The maximum atomic E-state index is 12.4. The quantitative estimate of drug-likeness (QED) is 0.875. The molecule has 3 rings (SSSR count). The van der Waals surface area contributed by atoms with E-state index in [1.54, 1.807) is 18.2 Å². The van der Waals surface area contributed by atoms with E-state index in [-0.39, 0.29) is 11.8 Å². The van der Waals surface area contributed by atoms with Gasteiger partial charge in [0.1, 0.15) is 5.70 Å². The molecule has 1 aliphatic rings. The minimum Gasteiger partial charge on any atom is -0.350 e. The molecule has 0 saturated heterocycles. The van der Waals surface area contributed by atoms with Gasteiger partial charge in [-0.25, -0.2) is 0 Å². The van der Waals surface area contributed by atoms with Crippen molar-refractivity contribution in [1.29, 1.82) is 0 Å². The molecule has 1 N–H and O–H groups in total. The monoisotopic (exact) mass is 332 g/mol. The molecular formula is C16H13ClN2O2S. The van der Waals surface area contributed by atoms with E-state index in [9.17, 15) is 9.59 Å². The molecule has 4 nitrogen and oxygen atoms in total. The van der Waals surface area contributed by atoms with Crippen LogP contribution < -0.4 is 5.32 Å². The number of rotatable bonds is 3. The van der Waals surface area contributed by atoms with Crippen LogP contribution in [0.25, 0.3) is 5.57 Å². The van der Waals surface area contributed by atoms with E-state index in [0.717, 1.165) is 21.0 Å². The molecule has 0 radical (unpaired) electrons. The maximum Gasteiger partial charge on any atom is 0.277 e. The normalized spacial score (nSPS) is 15.0. The highest BCUT2D eigenvalue weighted by Crippen LogP contribution is 2.32. The van der Waals surface area contributed by atoms with Crippen molar-refractivity contribution in [3.63, 3.8) is 0 Å². The Morgan fingerprint density at radius 1 is 1.18 bits per heavy atom. The largest absolute Gasteiger partial charge is 0.350 e. The van der Waals surface area contributed by atoms with Gasteiger partial charge in [0.05, 0.1) is 5.57 Å². The second-order valence-corrected chi connectivity index (χ2v) is 6.36. The number of halogens is 1. The fourth-order valence-electron chi connectivity index (χ4n) is 2.31. The topological polar surface area (TPSA) is 49.4 Å². The molecule has 22 heavy (non-hydrogen) atoms. The van der Waals surface area contributed by atoms with E-state index in [1.165, 1.54) is 18.4 Å². The van der Waals surface area contributed by atoms with E-state index in [4.69, 9.17) is 11.6 Å². The lowest BCUT2D eigenvalue weighted by Crippen LogP contribution is -2.27. The predicted octanol–water partition coefficient (Wildman–Crippen LogP) is 3.53. The first-order chi connectivity index (χ1) is 10.5. The van der Waals surface area contributed by atoms with Crippen LogP contribution in [0.1, 0.15) is 10.4 Å². The van der Waals surface area contributed by atoms with Crippen molar-refractivity contribution < 1.29 is 9.59 Å². The minimum atomic E-state index is -0.331. The SMILES string of the molecule is Cc1cc(Cl)ccc1NC1=C(c2cccs2)C(=O)N(C)C1=O. The summed E-state index contributed by atoms with van der Waals surface area (Å²) in [6, 6.07) is 9.04. The minimum absolute atomic E-state index is 0.290. The van der Waals surface area contributed by atoms with Gasteiger partial charge >= 0.3 is 0 Å². The summed E-state index contributed by atoms with van der Waals surface area (Å²) in [5.74, 6) is -0.621. The summed E-state index contributed by atoms with van der Waals surface area (Å²) in [5, 5.41) is 5.61. The standard InChI is InChI=1S/C16H13ClN2O2S/c1-9-8-10(17)5-6-11(9)18-14-13(12-4-3-7-22-12)15(20)19(2)16(14)21/h3-8,18H,1-2H3. The Hall–Kier alpha value is -2.11. The number of thiophene rings is 1. The number of carbonyl (C=O) groups excluding carboxylic acids is 2. The first-order valence-electron chi connectivity index (χ1n) is 6.62. The number of anilines is 1. The Kier molecular flexibility index (Phi) is 3.76. The van der Waals surface area contributed by atoms with Gasteiger partial charge in [-0.05, 0) is 42.1 Å². The summed E-state index contributed by atoms with van der Waals surface area (Å²) < 4.78 is 0. The summed E-state index contributed by atoms with van der Waals surface area (Å²) in [5.41, 5.74) is 2.38. The number of hydrogen-bond donors (Lipinski definition) is 1. The third-order valence-electron chi connectivity index (χ3n) is 3.50. The second-order valence-electron chi connectivity index (χ2n) is 4.98. The molecule has 2 heterocycles. The molecule has 6 heteroatoms. The lowest BCUT2D eigenvalue weighted by molar-refractivity contribution is -0.135. The van der Waals surface area contributed by atoms with Crippen LogP contribution in [-0.4, -0.2) is 23.8 Å². The molecule has 0 bridgehead atoms. The van der Waals surface area contributed by atoms with E-state index in [0.29, 0.717) is 16.3 Å². The molecule has 0 fully saturated rings. The van der Waals surface area contributed by atoms with Gasteiger partial charge < -0.3 is 5.32 Å². The van der Waals surface area contributed by atoms with Crippen molar-refractivity contribution in [3.8, 4) is 0 Å². The molecule has 0 aliphatic carbocycles. The summed E-state index contributed by atoms with van der Waals surface area (Å²) in [4.78, 5) is 26.6. The van der Waals surface area contributed by atoms with Crippen LogP contribution in [0.15, 0.2) is 41.4 Å². The zero-order valence-corrected chi connectivity index (χ0v) is 13.6. The van der Waals surface area contributed by atoms with Gasteiger partial charge in [-0.2, -0.15) is 0 Å². The van der Waals surface area contributed by atoms with Crippen molar-refractivity contribution in [1.82, 2.24) is 4.90 Å². The summed E-state index contributed by atoms with van der Waals surface area (Å²) >= 11 is 7.38. The molecule has 1 aliphatic heterocycles. The Labute approximate surface area is 137 Å². The summed E-state index contributed by atoms with van der Waals surface area (Å²) in [7, 11) is 1.49. The lowest BCUT2D eigenvalue weighted by Gasteiger charge is -2.11. The first-order valence-corrected chi connectivity index (χ1v) is 7.88. The number of aryl methyl sites for hydroxylation is 1. The predicted molar refractivity (Wildman–Crippen MR) is 88.8 cm³/mol. The smallest absolute Gasteiger partial charge is 0.277 e. The number of benzene rings is 1. The van der Waals surface area contributed by atoms with Gasteiger partial charge in [0, 0.05) is 22.6 Å². The number of carbonyl (C=O) groups is 2. The Balaban J connectivity index is 2.08. The van der Waals surface area contributed by atoms with Crippen LogP contribution in [0.5, 0.6) is 0 Å². The molecule has 1 aromatic heterocycles. The highest BCUT2D eigenvalue weighted by molar-refractivity contribution is 7.11. The van der Waals surface area contributed by atoms with E-state index in [2.05, 4.69) is 5.32 Å². The van der Waals surface area contributed by atoms with Crippen molar-refractivity contribution in [3.05, 3.63) is 56.9 Å². The molecule has 1 aromatic carbocycles. The number of likely N-dealkylation sites (N-methyl/N-ethyl adjacent to an activating group) is 1. The van der Waals surface area contributed by atoms with Gasteiger partial charge in [0.2, 0.25) is 0 Å². The van der Waals surface area contributed by atoms with Gasteiger partial charge in [-0.3, -0.25) is 14.5 Å². The highest BCUT2D eigenvalue weighted by atomic mass is 35.5. The second kappa shape index (κ2) is 5.59. The molecule has 0 saturated carbocycles. The zero-order valence-electron chi connectivity index (χ0n) is 12.0. The Morgan fingerprint density at radius 3 is 2.59 bits per heavy atom. The van der Waals surface area contributed by atoms with Crippen LogP contribution in [0.2, 0.25) is 5.02 Å². The number of nitrogens with one attached hydrogen (secondary N) is 1. The average Bonchev–Trinajstić information content (AvgIpc) is 3.06. The van der Waals surface area contributed by atoms with Gasteiger partial charge in [-0.1, -0.05) is 17.7 Å². The molecule has 0 unspecified atom stereocenters. The van der Waals surface area contributed by atoms with Crippen LogP contribution in [0, 0.1) is 6.92 Å². The molecule has 0 spiro atoms. The van der Waals surface area contributed by atoms with Crippen LogP contribution in [-0.2, 0) is 9.59 Å². The van der Waals surface area contributed by atoms with E-state index >= 15 is 0 Å². The molecular weight excluding hydrogens is 320 g/mol. The maximum absolute atomic E-state index is 12.4. The van der Waals surface area contributed by atoms with Crippen molar-refractivity contribution >= 4 is 46.0 Å². The lowest BCUT2D eigenvalue weighted by atomic mass is 10.1. The van der Waals surface area contributed by atoms with Crippen molar-refractivity contribution in [2.75, 3.05) is 12.4 Å². The van der Waals surface area contributed by atoms with Gasteiger partial charge in [-0.15, -0.1) is 11.3 Å². The fourth-order valence-corrected chi connectivity index (χ4v) is 3.30. The van der Waals surface area contributed by atoms with Crippen molar-refractivity contribution in [2.45, 2.75) is 6.92 Å². The zero-order chi connectivity index (χ0) is 15.9. The molecule has 2 aromatic rings. The molecule has 0 atom stereocenters. The number of hydrogen-bond acceptors (Lipinski definition) is 4. The van der Waals surface area contributed by atoms with Gasteiger partial charge in [0.15, 0.2) is 0 Å². The average molecular weight is 333 g/mol. The number of amides is 2. The van der Waals surface area contributed by atoms with Crippen LogP contribution in [0.3, 0.4) is 0 Å². The molecule has 2 amide bonds. The summed E-state index contributed by atoms with van der Waals surface area (Å²) in [6.07, 6.45) is 0. The fraction of sp³-hybridized carbons (Fsp3) is 0.125. The van der Waals surface area contributed by atoms with Crippen LogP contribution >= 0.6 is 22.9 Å². The number of imide groups is 1. The third-order valence-corrected chi connectivity index (χ3v) is 4.63. The van der Waals surface area contributed by atoms with E-state index < -0.39 is 0 Å². The third kappa shape index (κ3) is 2.42. The van der Waals surface area contributed by atoms with Gasteiger partial charge in [0.25, 0.3) is 11.8 Å². The van der Waals surface area contributed by atoms with E-state index in [1.807, 2.05) is 24.4 Å². The highest BCUT2D eigenvalue weighted by Gasteiger charge is 2.37. The van der Waals surface area contributed by atoms with Crippen molar-refractivity contribution in [2.24, 2.45) is 0 Å². The Bertz CT molecular complexity index is 796. The Morgan fingerprint density at radius 2 is 1.95 bits per heavy atom. The number of nitrogens with zero attached hydrogens (tertiary/aromatic N) is 1. The first kappa shape index (κ1) is 14.8.